The molecule has 150 valence electrons. The Labute approximate surface area is 168 Å². The van der Waals surface area contributed by atoms with Crippen LogP contribution in [0.3, 0.4) is 0 Å². The second kappa shape index (κ2) is 8.26. The number of aromatic nitrogens is 1. The number of hydrogen-bond acceptors (Lipinski definition) is 5. The van der Waals surface area contributed by atoms with Crippen molar-refractivity contribution >= 4 is 22.8 Å². The molecule has 1 aliphatic rings. The molecule has 2 aromatic carbocycles. The van der Waals surface area contributed by atoms with Gasteiger partial charge in [-0.15, -0.1) is 0 Å². The molecule has 0 bridgehead atoms. The summed E-state index contributed by atoms with van der Waals surface area (Å²) in [6, 6.07) is 13.3. The minimum Gasteiger partial charge on any atom is -0.486 e. The van der Waals surface area contributed by atoms with Gasteiger partial charge in [0.2, 0.25) is 0 Å². The van der Waals surface area contributed by atoms with Gasteiger partial charge in [0.25, 0.3) is 5.91 Å². The fraction of sp³-hybridized carbons (Fsp3) is 0.273. The van der Waals surface area contributed by atoms with Gasteiger partial charge in [0, 0.05) is 30.7 Å². The number of esters is 1. The van der Waals surface area contributed by atoms with E-state index in [2.05, 4.69) is 4.98 Å². The largest absolute Gasteiger partial charge is 0.486 e. The van der Waals surface area contributed by atoms with E-state index in [9.17, 15) is 9.59 Å². The number of aromatic amines is 1. The lowest BCUT2D eigenvalue weighted by atomic mass is 10.1. The van der Waals surface area contributed by atoms with E-state index in [1.807, 2.05) is 42.5 Å². The SMILES string of the molecule is CN(Cc1ccc2c(c1)OCCO2)C(=O)COC(=O)Cc1c[nH]c2ccccc12. The van der Waals surface area contributed by atoms with E-state index in [1.165, 1.54) is 4.90 Å². The second-order valence-corrected chi connectivity index (χ2v) is 6.92. The molecule has 3 aromatic rings. The number of hydrogen-bond donors (Lipinski definition) is 1. The molecule has 0 unspecified atom stereocenters. The summed E-state index contributed by atoms with van der Waals surface area (Å²) in [6.45, 7) is 1.14. The van der Waals surface area contributed by atoms with Gasteiger partial charge in [0.1, 0.15) is 13.2 Å². The average molecular weight is 394 g/mol. The van der Waals surface area contributed by atoms with Crippen LogP contribution in [-0.2, 0) is 27.3 Å². The van der Waals surface area contributed by atoms with Crippen molar-refractivity contribution in [3.63, 3.8) is 0 Å². The van der Waals surface area contributed by atoms with Crippen LogP contribution in [0.4, 0.5) is 0 Å². The van der Waals surface area contributed by atoms with Crippen LogP contribution in [0, 0.1) is 0 Å². The highest BCUT2D eigenvalue weighted by atomic mass is 16.6. The molecule has 0 saturated carbocycles. The fourth-order valence-corrected chi connectivity index (χ4v) is 3.28. The summed E-state index contributed by atoms with van der Waals surface area (Å²) < 4.78 is 16.3. The number of amides is 1. The maximum absolute atomic E-state index is 12.3. The molecule has 1 N–H and O–H groups in total. The monoisotopic (exact) mass is 394 g/mol. The Hall–Kier alpha value is -3.48. The summed E-state index contributed by atoms with van der Waals surface area (Å²) in [7, 11) is 1.67. The first-order valence-corrected chi connectivity index (χ1v) is 9.43. The van der Waals surface area contributed by atoms with Crippen LogP contribution in [0.1, 0.15) is 11.1 Å². The van der Waals surface area contributed by atoms with Crippen molar-refractivity contribution < 1.29 is 23.8 Å². The summed E-state index contributed by atoms with van der Waals surface area (Å²) in [4.78, 5) is 29.1. The summed E-state index contributed by atoms with van der Waals surface area (Å²) in [5, 5.41) is 0.978. The van der Waals surface area contributed by atoms with Crippen LogP contribution in [0.5, 0.6) is 11.5 Å². The number of carbonyl (C=O) groups is 2. The first-order valence-electron chi connectivity index (χ1n) is 9.43. The van der Waals surface area contributed by atoms with E-state index in [0.717, 1.165) is 22.0 Å². The lowest BCUT2D eigenvalue weighted by Crippen LogP contribution is -2.31. The number of nitrogens with one attached hydrogen (secondary N) is 1. The van der Waals surface area contributed by atoms with Gasteiger partial charge in [-0.3, -0.25) is 9.59 Å². The Morgan fingerprint density at radius 2 is 1.90 bits per heavy atom. The Kier molecular flexibility index (Phi) is 5.37. The quantitative estimate of drug-likeness (QED) is 0.650. The number of rotatable bonds is 6. The zero-order chi connectivity index (χ0) is 20.2. The number of fused-ring (bicyclic) bond motifs is 2. The van der Waals surface area contributed by atoms with E-state index in [0.29, 0.717) is 31.3 Å². The zero-order valence-corrected chi connectivity index (χ0v) is 16.1. The summed E-state index contributed by atoms with van der Waals surface area (Å²) >= 11 is 0. The van der Waals surface area contributed by atoms with Crippen molar-refractivity contribution in [3.05, 3.63) is 59.8 Å². The molecule has 0 saturated heterocycles. The Morgan fingerprint density at radius 1 is 1.10 bits per heavy atom. The van der Waals surface area contributed by atoms with E-state index in [-0.39, 0.29) is 18.9 Å². The number of nitrogens with zero attached hydrogens (tertiary/aromatic N) is 1. The highest BCUT2D eigenvalue weighted by Crippen LogP contribution is 2.31. The van der Waals surface area contributed by atoms with E-state index >= 15 is 0 Å². The third-order valence-corrected chi connectivity index (χ3v) is 4.82. The van der Waals surface area contributed by atoms with Crippen LogP contribution in [0.2, 0.25) is 0 Å². The summed E-state index contributed by atoms with van der Waals surface area (Å²) in [5.74, 6) is 0.683. The van der Waals surface area contributed by atoms with E-state index < -0.39 is 5.97 Å². The van der Waals surface area contributed by atoms with Crippen LogP contribution in [0.15, 0.2) is 48.7 Å². The van der Waals surface area contributed by atoms with Gasteiger partial charge in [0.15, 0.2) is 18.1 Å². The second-order valence-electron chi connectivity index (χ2n) is 6.92. The van der Waals surface area contributed by atoms with Crippen molar-refractivity contribution in [3.8, 4) is 11.5 Å². The lowest BCUT2D eigenvalue weighted by Gasteiger charge is -2.21. The predicted octanol–water partition coefficient (Wildman–Crippen LogP) is 2.68. The number of ether oxygens (including phenoxy) is 3. The van der Waals surface area contributed by atoms with Gasteiger partial charge in [-0.1, -0.05) is 24.3 Å². The van der Waals surface area contributed by atoms with Crippen molar-refractivity contribution in [2.45, 2.75) is 13.0 Å². The maximum atomic E-state index is 12.3. The zero-order valence-electron chi connectivity index (χ0n) is 16.1. The molecule has 0 atom stereocenters. The molecule has 7 nitrogen and oxygen atoms in total. The van der Waals surface area contributed by atoms with E-state index in [4.69, 9.17) is 14.2 Å². The van der Waals surface area contributed by atoms with Crippen LogP contribution in [0.25, 0.3) is 10.9 Å². The molecule has 0 aliphatic carbocycles. The van der Waals surface area contributed by atoms with Gasteiger partial charge < -0.3 is 24.1 Å². The first kappa shape index (κ1) is 18.9. The van der Waals surface area contributed by atoms with Crippen molar-refractivity contribution in [2.24, 2.45) is 0 Å². The minimum absolute atomic E-state index is 0.114. The minimum atomic E-state index is -0.434. The number of carbonyl (C=O) groups excluding carboxylic acids is 2. The van der Waals surface area contributed by atoms with Gasteiger partial charge in [-0.05, 0) is 29.3 Å². The molecule has 29 heavy (non-hydrogen) atoms. The van der Waals surface area contributed by atoms with Crippen LogP contribution in [-0.4, -0.2) is 48.6 Å². The number of benzene rings is 2. The first-order chi connectivity index (χ1) is 14.1. The Bertz CT molecular complexity index is 1040. The van der Waals surface area contributed by atoms with Crippen molar-refractivity contribution in [2.75, 3.05) is 26.9 Å². The van der Waals surface area contributed by atoms with Crippen LogP contribution >= 0.6 is 0 Å². The molecular weight excluding hydrogens is 372 g/mol. The third kappa shape index (κ3) is 4.34. The summed E-state index contributed by atoms with van der Waals surface area (Å²) in [5.41, 5.74) is 2.73. The predicted molar refractivity (Wildman–Crippen MR) is 107 cm³/mol. The molecule has 1 amide bonds. The summed E-state index contributed by atoms with van der Waals surface area (Å²) in [6.07, 6.45) is 1.91. The molecule has 4 rings (SSSR count). The molecule has 0 fully saturated rings. The fourth-order valence-electron chi connectivity index (χ4n) is 3.28. The Morgan fingerprint density at radius 3 is 2.76 bits per heavy atom. The van der Waals surface area contributed by atoms with Gasteiger partial charge >= 0.3 is 5.97 Å². The molecule has 0 radical (unpaired) electrons. The van der Waals surface area contributed by atoms with Gasteiger partial charge in [0.05, 0.1) is 6.42 Å². The standard InChI is InChI=1S/C22H22N2O5/c1-24(13-15-6-7-19-20(10-15)28-9-8-27-19)21(25)14-29-22(26)11-16-12-23-18-5-3-2-4-17(16)18/h2-7,10,12,23H,8-9,11,13-14H2,1H3. The van der Waals surface area contributed by atoms with Crippen LogP contribution < -0.4 is 9.47 Å². The lowest BCUT2D eigenvalue weighted by molar-refractivity contribution is -0.151. The average Bonchev–Trinajstić information content (AvgIpc) is 3.14. The number of H-pyrrole nitrogens is 1. The highest BCUT2D eigenvalue weighted by molar-refractivity contribution is 5.88. The van der Waals surface area contributed by atoms with Gasteiger partial charge in [-0.25, -0.2) is 0 Å². The molecular formula is C22H22N2O5. The molecule has 0 spiro atoms. The normalized spacial score (nSPS) is 12.6. The van der Waals surface area contributed by atoms with E-state index in [1.54, 1.807) is 13.2 Å². The Balaban J connectivity index is 1.29. The maximum Gasteiger partial charge on any atom is 0.310 e. The topological polar surface area (TPSA) is 80.9 Å². The van der Waals surface area contributed by atoms with Crippen molar-refractivity contribution in [1.82, 2.24) is 9.88 Å². The number of para-hydroxylation sites is 1. The smallest absolute Gasteiger partial charge is 0.310 e. The third-order valence-electron chi connectivity index (χ3n) is 4.82. The van der Waals surface area contributed by atoms with Crippen molar-refractivity contribution in [1.29, 1.82) is 0 Å². The molecule has 1 aliphatic heterocycles. The molecule has 7 heteroatoms. The molecule has 2 heterocycles. The molecule has 1 aromatic heterocycles. The van der Waals surface area contributed by atoms with Gasteiger partial charge in [-0.2, -0.15) is 0 Å². The number of likely N-dealkylation sites (N-methyl/N-ethyl adjacent to an activating group) is 1. The highest BCUT2D eigenvalue weighted by Gasteiger charge is 2.16.